The van der Waals surface area contributed by atoms with Crippen LogP contribution in [0.25, 0.3) is 0 Å². The Kier molecular flexibility index (Phi) is 3.47. The van der Waals surface area contributed by atoms with E-state index in [1.54, 1.807) is 0 Å². The highest BCUT2D eigenvalue weighted by Crippen LogP contribution is 2.33. The van der Waals surface area contributed by atoms with Gasteiger partial charge < -0.3 is 5.32 Å². The molecule has 2 amide bonds. The van der Waals surface area contributed by atoms with Crippen LogP contribution in [0.4, 0.5) is 23.8 Å². The van der Waals surface area contributed by atoms with E-state index in [1.807, 2.05) is 6.92 Å². The Bertz CT molecular complexity index is 442. The fourth-order valence-corrected chi connectivity index (χ4v) is 2.15. The first-order valence-electron chi connectivity index (χ1n) is 5.46. The van der Waals surface area contributed by atoms with E-state index in [4.69, 9.17) is 0 Å². The van der Waals surface area contributed by atoms with E-state index in [1.165, 1.54) is 5.38 Å². The quantitative estimate of drug-likeness (QED) is 0.893. The monoisotopic (exact) mass is 279 g/mol. The molecule has 100 valence electrons. The van der Waals surface area contributed by atoms with Crippen LogP contribution in [0.15, 0.2) is 5.38 Å². The summed E-state index contributed by atoms with van der Waals surface area (Å²) in [6.07, 6.45) is -2.31. The molecule has 1 aromatic rings. The maximum atomic E-state index is 12.3. The van der Waals surface area contributed by atoms with Crippen molar-refractivity contribution in [2.45, 2.75) is 32.0 Å². The summed E-state index contributed by atoms with van der Waals surface area (Å²) in [5.41, 5.74) is 0. The Hall–Kier alpha value is -1.31. The van der Waals surface area contributed by atoms with Gasteiger partial charge in [-0.3, -0.25) is 5.32 Å². The Morgan fingerprint density at radius 3 is 2.72 bits per heavy atom. The summed E-state index contributed by atoms with van der Waals surface area (Å²) < 4.78 is 36.8. The first kappa shape index (κ1) is 13.1. The van der Waals surface area contributed by atoms with Crippen LogP contribution < -0.4 is 10.6 Å². The van der Waals surface area contributed by atoms with E-state index in [9.17, 15) is 18.0 Å². The first-order valence-corrected chi connectivity index (χ1v) is 6.34. The van der Waals surface area contributed by atoms with Gasteiger partial charge in [-0.1, -0.05) is 0 Å². The van der Waals surface area contributed by atoms with E-state index >= 15 is 0 Å². The highest BCUT2D eigenvalue weighted by molar-refractivity contribution is 7.10. The summed E-state index contributed by atoms with van der Waals surface area (Å²) in [5, 5.41) is 5.17. The van der Waals surface area contributed by atoms with Crippen molar-refractivity contribution in [3.05, 3.63) is 10.4 Å². The molecular formula is C10H12F3N3OS. The largest absolute Gasteiger partial charge is 0.443 e. The van der Waals surface area contributed by atoms with Crippen LogP contribution in [0.3, 0.4) is 0 Å². The smallest absolute Gasteiger partial charge is 0.335 e. The second kappa shape index (κ2) is 4.75. The Morgan fingerprint density at radius 1 is 1.56 bits per heavy atom. The predicted molar refractivity (Wildman–Crippen MR) is 61.5 cm³/mol. The number of anilines is 1. The molecular weight excluding hydrogens is 267 g/mol. The van der Waals surface area contributed by atoms with Gasteiger partial charge in [-0.25, -0.2) is 9.78 Å². The number of carbonyl (C=O) groups excluding carboxylic acids is 1. The number of thiazole rings is 1. The van der Waals surface area contributed by atoms with Crippen molar-refractivity contribution in [3.8, 4) is 0 Å². The second-order valence-corrected chi connectivity index (χ2v) is 5.12. The van der Waals surface area contributed by atoms with Crippen molar-refractivity contribution in [2.75, 3.05) is 5.32 Å². The Balaban J connectivity index is 1.88. The fraction of sp³-hybridized carbons (Fsp3) is 0.600. The van der Waals surface area contributed by atoms with Gasteiger partial charge in [-0.2, -0.15) is 13.2 Å². The molecule has 18 heavy (non-hydrogen) atoms. The number of alkyl halides is 3. The van der Waals surface area contributed by atoms with E-state index in [2.05, 4.69) is 15.6 Å². The molecule has 1 atom stereocenters. The standard InChI is InChI=1S/C10H12F3N3OS/c1-5(6-2-3-6)14-9(17)16-7-4-18-8(15-7)10(11,12)13/h4-6H,2-3H2,1H3,(H2,14,16,17)/t5-/m0/s1. The summed E-state index contributed by atoms with van der Waals surface area (Å²) in [5.74, 6) is 0.407. The van der Waals surface area contributed by atoms with Gasteiger partial charge in [0.05, 0.1) is 0 Å². The van der Waals surface area contributed by atoms with Crippen molar-refractivity contribution in [1.82, 2.24) is 10.3 Å². The number of nitrogens with zero attached hydrogens (tertiary/aromatic N) is 1. The third-order valence-corrected chi connectivity index (χ3v) is 3.56. The van der Waals surface area contributed by atoms with Crippen molar-refractivity contribution in [1.29, 1.82) is 0 Å². The molecule has 2 rings (SSSR count). The highest BCUT2D eigenvalue weighted by Gasteiger charge is 2.35. The maximum Gasteiger partial charge on any atom is 0.443 e. The summed E-state index contributed by atoms with van der Waals surface area (Å²) in [6, 6.07) is -0.487. The minimum absolute atomic E-state index is 0.0331. The lowest BCUT2D eigenvalue weighted by Gasteiger charge is -2.12. The van der Waals surface area contributed by atoms with Gasteiger partial charge in [0.2, 0.25) is 0 Å². The molecule has 8 heteroatoms. The molecule has 1 heterocycles. The lowest BCUT2D eigenvalue weighted by molar-refractivity contribution is -0.137. The average molecular weight is 279 g/mol. The zero-order valence-corrected chi connectivity index (χ0v) is 10.4. The molecule has 0 saturated heterocycles. The van der Waals surface area contributed by atoms with Crippen LogP contribution in [0, 0.1) is 5.92 Å². The first-order chi connectivity index (χ1) is 8.36. The van der Waals surface area contributed by atoms with Crippen LogP contribution >= 0.6 is 11.3 Å². The average Bonchev–Trinajstić information content (AvgIpc) is 2.98. The van der Waals surface area contributed by atoms with Crippen molar-refractivity contribution in [2.24, 2.45) is 5.92 Å². The minimum atomic E-state index is -4.47. The summed E-state index contributed by atoms with van der Waals surface area (Å²) in [7, 11) is 0. The number of hydrogen-bond acceptors (Lipinski definition) is 3. The van der Waals surface area contributed by atoms with E-state index < -0.39 is 17.2 Å². The summed E-state index contributed by atoms with van der Waals surface area (Å²) >= 11 is 0.457. The van der Waals surface area contributed by atoms with Gasteiger partial charge in [0.1, 0.15) is 5.82 Å². The Morgan fingerprint density at radius 2 is 2.22 bits per heavy atom. The summed E-state index contributed by atoms with van der Waals surface area (Å²) in [4.78, 5) is 14.8. The van der Waals surface area contributed by atoms with Gasteiger partial charge in [-0.05, 0) is 25.7 Å². The maximum absolute atomic E-state index is 12.3. The number of carbonyl (C=O) groups is 1. The predicted octanol–water partition coefficient (Wildman–Crippen LogP) is 3.08. The molecule has 0 aliphatic heterocycles. The third-order valence-electron chi connectivity index (χ3n) is 2.68. The SMILES string of the molecule is C[C@H](NC(=O)Nc1csc(C(F)(F)F)n1)C1CC1. The van der Waals surface area contributed by atoms with Gasteiger partial charge in [0.25, 0.3) is 0 Å². The highest BCUT2D eigenvalue weighted by atomic mass is 32.1. The number of urea groups is 1. The zero-order valence-electron chi connectivity index (χ0n) is 9.54. The number of rotatable bonds is 3. The molecule has 1 fully saturated rings. The topological polar surface area (TPSA) is 54.0 Å². The van der Waals surface area contributed by atoms with Crippen molar-refractivity contribution >= 4 is 23.2 Å². The second-order valence-electron chi connectivity index (χ2n) is 4.26. The Labute approximate surface area is 106 Å². The third kappa shape index (κ3) is 3.34. The minimum Gasteiger partial charge on any atom is -0.335 e. The molecule has 2 N–H and O–H groups in total. The molecule has 0 radical (unpaired) electrons. The molecule has 0 spiro atoms. The van der Waals surface area contributed by atoms with Crippen molar-refractivity contribution in [3.63, 3.8) is 0 Å². The van der Waals surface area contributed by atoms with E-state index in [-0.39, 0.29) is 11.9 Å². The number of hydrogen-bond donors (Lipinski definition) is 2. The fourth-order valence-electron chi connectivity index (χ4n) is 1.53. The molecule has 0 aromatic carbocycles. The zero-order chi connectivity index (χ0) is 13.3. The molecule has 0 unspecified atom stereocenters. The van der Waals surface area contributed by atoms with Crippen LogP contribution in [-0.2, 0) is 6.18 Å². The van der Waals surface area contributed by atoms with Gasteiger partial charge in [0, 0.05) is 11.4 Å². The lowest BCUT2D eigenvalue weighted by atomic mass is 10.2. The molecule has 1 saturated carbocycles. The molecule has 4 nitrogen and oxygen atoms in total. The van der Waals surface area contributed by atoms with Crippen LogP contribution in [0.1, 0.15) is 24.8 Å². The summed E-state index contributed by atoms with van der Waals surface area (Å²) in [6.45, 7) is 1.87. The van der Waals surface area contributed by atoms with E-state index in [0.717, 1.165) is 12.8 Å². The molecule has 1 aromatic heterocycles. The van der Waals surface area contributed by atoms with E-state index in [0.29, 0.717) is 17.3 Å². The van der Waals surface area contributed by atoms with Crippen LogP contribution in [0.5, 0.6) is 0 Å². The van der Waals surface area contributed by atoms with Crippen LogP contribution in [0.2, 0.25) is 0 Å². The number of nitrogens with one attached hydrogen (secondary N) is 2. The van der Waals surface area contributed by atoms with Gasteiger partial charge >= 0.3 is 12.2 Å². The van der Waals surface area contributed by atoms with Gasteiger partial charge in [0.15, 0.2) is 5.01 Å². The normalized spacial score (nSPS) is 17.3. The molecule has 1 aliphatic rings. The molecule has 1 aliphatic carbocycles. The number of halogens is 3. The molecule has 0 bridgehead atoms. The number of amides is 2. The number of aromatic nitrogens is 1. The van der Waals surface area contributed by atoms with Crippen molar-refractivity contribution < 1.29 is 18.0 Å². The van der Waals surface area contributed by atoms with Crippen LogP contribution in [-0.4, -0.2) is 17.1 Å². The van der Waals surface area contributed by atoms with Gasteiger partial charge in [-0.15, -0.1) is 11.3 Å². The lowest BCUT2D eigenvalue weighted by Crippen LogP contribution is -2.37.